The van der Waals surface area contributed by atoms with Crippen LogP contribution in [0.4, 0.5) is 13.2 Å². The lowest BCUT2D eigenvalue weighted by molar-refractivity contribution is -0.174. The van der Waals surface area contributed by atoms with E-state index in [4.69, 9.17) is 18.2 Å². The second kappa shape index (κ2) is 5.55. The SMILES string of the molecule is C#CCN(Cl)C(c1c(O)c(=O)ccn1C)C(F)(F)F. The van der Waals surface area contributed by atoms with Crippen molar-refractivity contribution in [2.24, 2.45) is 7.05 Å². The van der Waals surface area contributed by atoms with Crippen molar-refractivity contribution >= 4 is 11.8 Å². The first kappa shape index (κ1) is 15.4. The topological polar surface area (TPSA) is 45.5 Å². The Hall–Kier alpha value is -1.65. The lowest BCUT2D eigenvalue weighted by Gasteiger charge is -2.28. The predicted molar refractivity (Wildman–Crippen MR) is 63.5 cm³/mol. The lowest BCUT2D eigenvalue weighted by Crippen LogP contribution is -2.35. The molecule has 0 aliphatic carbocycles. The second-order valence-electron chi connectivity index (χ2n) is 3.73. The Balaban J connectivity index is 3.47. The Labute approximate surface area is 112 Å². The molecule has 1 unspecified atom stereocenters. The van der Waals surface area contributed by atoms with Gasteiger partial charge in [-0.2, -0.15) is 17.6 Å². The van der Waals surface area contributed by atoms with Crippen molar-refractivity contribution in [3.8, 4) is 18.1 Å². The number of aromatic hydroxyl groups is 1. The van der Waals surface area contributed by atoms with Gasteiger partial charge in [0, 0.05) is 19.3 Å². The molecule has 0 bridgehead atoms. The smallest absolute Gasteiger partial charge is 0.410 e. The van der Waals surface area contributed by atoms with Crippen molar-refractivity contribution in [2.45, 2.75) is 12.2 Å². The minimum atomic E-state index is -4.80. The number of alkyl halides is 3. The van der Waals surface area contributed by atoms with Crippen LogP contribution in [0.1, 0.15) is 11.7 Å². The Morgan fingerprint density at radius 1 is 1.63 bits per heavy atom. The second-order valence-corrected chi connectivity index (χ2v) is 4.17. The van der Waals surface area contributed by atoms with Gasteiger partial charge in [-0.1, -0.05) is 5.92 Å². The van der Waals surface area contributed by atoms with Gasteiger partial charge in [-0.05, 0) is 11.8 Å². The number of hydrogen-bond donors (Lipinski definition) is 1. The molecule has 8 heteroatoms. The fraction of sp³-hybridized carbons (Fsp3) is 0.364. The molecular formula is C11H10ClF3N2O2. The molecule has 0 saturated carbocycles. The molecule has 1 rings (SSSR count). The fourth-order valence-electron chi connectivity index (χ4n) is 1.58. The van der Waals surface area contributed by atoms with Gasteiger partial charge in [0.05, 0.1) is 12.2 Å². The van der Waals surface area contributed by atoms with Crippen LogP contribution in [0.2, 0.25) is 0 Å². The Bertz CT molecular complexity index is 563. The van der Waals surface area contributed by atoms with E-state index in [0.29, 0.717) is 4.42 Å². The highest BCUT2D eigenvalue weighted by molar-refractivity contribution is 6.13. The number of nitrogens with zero attached hydrogens (tertiary/aromatic N) is 2. The molecule has 4 nitrogen and oxygen atoms in total. The summed E-state index contributed by atoms with van der Waals surface area (Å²) in [6.45, 7) is -0.506. The standard InChI is InChI=1S/C11H10ClF3N2O2/c1-3-5-17(12)10(11(13,14)15)8-9(19)7(18)4-6-16(8)2/h1,4,6,10,19H,5H2,2H3. The monoisotopic (exact) mass is 294 g/mol. The number of rotatable bonds is 3. The number of halogens is 4. The van der Waals surface area contributed by atoms with Gasteiger partial charge in [0.1, 0.15) is 0 Å². The zero-order chi connectivity index (χ0) is 14.8. The average Bonchev–Trinajstić information content (AvgIpc) is 2.28. The van der Waals surface area contributed by atoms with Crippen LogP contribution in [0.15, 0.2) is 17.1 Å². The maximum absolute atomic E-state index is 13.1. The zero-order valence-corrected chi connectivity index (χ0v) is 10.5. The summed E-state index contributed by atoms with van der Waals surface area (Å²) in [5.74, 6) is 0.964. The molecule has 19 heavy (non-hydrogen) atoms. The first-order chi connectivity index (χ1) is 8.70. The largest absolute Gasteiger partial charge is 0.503 e. The van der Waals surface area contributed by atoms with E-state index >= 15 is 0 Å². The Morgan fingerprint density at radius 3 is 2.68 bits per heavy atom. The zero-order valence-electron chi connectivity index (χ0n) is 9.78. The van der Waals surface area contributed by atoms with Crippen molar-refractivity contribution in [3.05, 3.63) is 28.2 Å². The molecule has 0 aliphatic heterocycles. The van der Waals surface area contributed by atoms with Gasteiger partial charge >= 0.3 is 6.18 Å². The van der Waals surface area contributed by atoms with Crippen molar-refractivity contribution in [1.29, 1.82) is 0 Å². The van der Waals surface area contributed by atoms with Crippen molar-refractivity contribution in [2.75, 3.05) is 6.54 Å². The van der Waals surface area contributed by atoms with E-state index in [2.05, 4.69) is 0 Å². The number of aryl methyl sites for hydroxylation is 1. The van der Waals surface area contributed by atoms with Crippen LogP contribution in [0.5, 0.6) is 5.75 Å². The molecule has 1 heterocycles. The highest BCUT2D eigenvalue weighted by atomic mass is 35.5. The molecule has 0 fully saturated rings. The molecule has 0 aromatic carbocycles. The summed E-state index contributed by atoms with van der Waals surface area (Å²) in [4.78, 5) is 11.3. The average molecular weight is 295 g/mol. The highest BCUT2D eigenvalue weighted by Gasteiger charge is 2.47. The van der Waals surface area contributed by atoms with Crippen molar-refractivity contribution in [3.63, 3.8) is 0 Å². The summed E-state index contributed by atoms with van der Waals surface area (Å²) in [6, 6.07) is -1.43. The van der Waals surface area contributed by atoms with Gasteiger partial charge in [0.25, 0.3) is 0 Å². The van der Waals surface area contributed by atoms with Gasteiger partial charge in [-0.3, -0.25) is 4.79 Å². The third kappa shape index (κ3) is 3.22. The van der Waals surface area contributed by atoms with Crippen molar-refractivity contribution in [1.82, 2.24) is 8.99 Å². The van der Waals surface area contributed by atoms with Gasteiger partial charge in [0.15, 0.2) is 11.8 Å². The molecule has 0 saturated heterocycles. The predicted octanol–water partition coefficient (Wildman–Crippen LogP) is 1.78. The molecule has 1 aromatic rings. The Morgan fingerprint density at radius 2 is 2.21 bits per heavy atom. The molecule has 1 N–H and O–H groups in total. The van der Waals surface area contributed by atoms with Crippen LogP contribution in [-0.2, 0) is 7.05 Å². The first-order valence-corrected chi connectivity index (χ1v) is 5.35. The van der Waals surface area contributed by atoms with Crippen LogP contribution in [0.3, 0.4) is 0 Å². The van der Waals surface area contributed by atoms with Crippen LogP contribution in [0.25, 0.3) is 0 Å². The summed E-state index contributed by atoms with van der Waals surface area (Å²) < 4.78 is 40.4. The minimum Gasteiger partial charge on any atom is -0.503 e. The molecule has 1 atom stereocenters. The summed E-state index contributed by atoms with van der Waals surface area (Å²) in [7, 11) is 1.26. The fourth-order valence-corrected chi connectivity index (χ4v) is 1.85. The minimum absolute atomic E-state index is 0.314. The maximum atomic E-state index is 13.1. The molecule has 0 radical (unpaired) electrons. The molecule has 0 aliphatic rings. The molecule has 0 spiro atoms. The Kier molecular flexibility index (Phi) is 4.50. The quantitative estimate of drug-likeness (QED) is 0.683. The van der Waals surface area contributed by atoms with Gasteiger partial charge < -0.3 is 9.67 Å². The highest BCUT2D eigenvalue weighted by Crippen LogP contribution is 2.40. The summed E-state index contributed by atoms with van der Waals surface area (Å²) in [6.07, 6.45) is 1.22. The van der Waals surface area contributed by atoms with Crippen LogP contribution >= 0.6 is 11.8 Å². The maximum Gasteiger partial charge on any atom is 0.410 e. The van der Waals surface area contributed by atoms with E-state index in [1.165, 1.54) is 7.05 Å². The molecule has 104 valence electrons. The van der Waals surface area contributed by atoms with Crippen molar-refractivity contribution < 1.29 is 18.3 Å². The third-order valence-electron chi connectivity index (χ3n) is 2.40. The van der Waals surface area contributed by atoms with E-state index in [-0.39, 0.29) is 0 Å². The van der Waals surface area contributed by atoms with E-state index in [0.717, 1.165) is 16.8 Å². The van der Waals surface area contributed by atoms with Crippen LogP contribution in [0, 0.1) is 12.3 Å². The number of hydrogen-bond acceptors (Lipinski definition) is 3. The van der Waals surface area contributed by atoms with Gasteiger partial charge in [-0.25, -0.2) is 0 Å². The number of terminal acetylenes is 1. The van der Waals surface area contributed by atoms with E-state index < -0.39 is 35.6 Å². The van der Waals surface area contributed by atoms with Crippen LogP contribution < -0.4 is 5.43 Å². The number of aromatic nitrogens is 1. The van der Waals surface area contributed by atoms with Gasteiger partial charge in [-0.15, -0.1) is 6.42 Å². The number of pyridine rings is 1. The molecule has 1 aromatic heterocycles. The van der Waals surface area contributed by atoms with E-state index in [1.807, 2.05) is 5.92 Å². The third-order valence-corrected chi connectivity index (χ3v) is 2.71. The summed E-state index contributed by atoms with van der Waals surface area (Å²) in [5.41, 5.74) is -1.58. The summed E-state index contributed by atoms with van der Waals surface area (Å²) in [5, 5.41) is 9.56. The lowest BCUT2D eigenvalue weighted by atomic mass is 10.1. The van der Waals surface area contributed by atoms with E-state index in [9.17, 15) is 23.1 Å². The van der Waals surface area contributed by atoms with E-state index in [1.54, 1.807) is 0 Å². The summed E-state index contributed by atoms with van der Waals surface area (Å²) >= 11 is 5.51. The van der Waals surface area contributed by atoms with Gasteiger partial charge in [0.2, 0.25) is 5.43 Å². The first-order valence-electron chi connectivity index (χ1n) is 5.01. The van der Waals surface area contributed by atoms with Crippen LogP contribution in [-0.4, -0.2) is 26.8 Å². The molecular weight excluding hydrogens is 285 g/mol. The molecule has 0 amide bonds. The normalized spacial score (nSPS) is 13.3.